The molecule has 0 saturated heterocycles. The topological polar surface area (TPSA) is 20.1 Å². The van der Waals surface area contributed by atoms with E-state index in [1.807, 2.05) is 6.92 Å². The Balaban J connectivity index is 3.85. The predicted molar refractivity (Wildman–Crippen MR) is 91.9 cm³/mol. The van der Waals surface area contributed by atoms with Crippen molar-refractivity contribution in [3.63, 3.8) is 0 Å². The zero-order valence-corrected chi connectivity index (χ0v) is 15.1. The summed E-state index contributed by atoms with van der Waals surface area (Å²) in [7, 11) is 0. The molecule has 2 nitrogen and oxygen atoms in total. The number of hydrogen-bond donors (Lipinski definition) is 0. The van der Waals surface area contributed by atoms with Crippen molar-refractivity contribution in [2.75, 3.05) is 6.54 Å². The highest BCUT2D eigenvalue weighted by molar-refractivity contribution is 5.58. The second kappa shape index (κ2) is 7.20. The van der Waals surface area contributed by atoms with Crippen molar-refractivity contribution in [1.82, 2.24) is 0 Å². The van der Waals surface area contributed by atoms with E-state index in [9.17, 15) is 4.91 Å². The lowest BCUT2D eigenvalue weighted by Crippen LogP contribution is -2.13. The van der Waals surface area contributed by atoms with E-state index < -0.39 is 0 Å². The Labute approximate surface area is 130 Å². The van der Waals surface area contributed by atoms with Crippen LogP contribution in [0.4, 0.5) is 5.69 Å². The highest BCUT2D eigenvalue weighted by Crippen LogP contribution is 2.41. The molecule has 0 aromatic heterocycles. The summed E-state index contributed by atoms with van der Waals surface area (Å²) in [5.41, 5.74) is 6.20. The summed E-state index contributed by atoms with van der Waals surface area (Å²) in [4.78, 5) is 12.5. The molecule has 0 fully saturated rings. The minimum atomic E-state index is 0.365. The fourth-order valence-electron chi connectivity index (χ4n) is 3.19. The fraction of sp³-hybridized carbons (Fsp3) is 0.684. The normalized spacial score (nSPS) is 11.8. The maximum absolute atomic E-state index is 12.5. The van der Waals surface area contributed by atoms with Crippen LogP contribution < -0.4 is 0 Å². The summed E-state index contributed by atoms with van der Waals surface area (Å²) < 4.78 is 1.19. The zero-order chi connectivity index (χ0) is 16.3. The minimum Gasteiger partial charge on any atom is -0.0613 e. The Morgan fingerprint density at radius 1 is 0.905 bits per heavy atom. The van der Waals surface area contributed by atoms with Gasteiger partial charge in [-0.15, -0.1) is 0 Å². The van der Waals surface area contributed by atoms with Crippen LogP contribution in [0.1, 0.15) is 95.4 Å². The fourth-order valence-corrected chi connectivity index (χ4v) is 3.19. The first-order valence-corrected chi connectivity index (χ1v) is 8.40. The molecule has 21 heavy (non-hydrogen) atoms. The summed E-state index contributed by atoms with van der Waals surface area (Å²) in [6, 6.07) is 2.29. The molecular formula is C19H32NO+. The van der Waals surface area contributed by atoms with Crippen molar-refractivity contribution in [3.05, 3.63) is 33.2 Å². The number of hydrogen-bond acceptors (Lipinski definition) is 1. The van der Waals surface area contributed by atoms with Crippen LogP contribution in [-0.4, -0.2) is 11.3 Å². The van der Waals surface area contributed by atoms with Crippen LogP contribution in [0, 0.1) is 4.91 Å². The predicted octanol–water partition coefficient (Wildman–Crippen LogP) is 6.05. The van der Waals surface area contributed by atoms with Crippen molar-refractivity contribution >= 4 is 5.69 Å². The van der Waals surface area contributed by atoms with Gasteiger partial charge in [-0.25, -0.2) is 0 Å². The third-order valence-corrected chi connectivity index (χ3v) is 4.22. The van der Waals surface area contributed by atoms with Gasteiger partial charge in [-0.05, 0) is 48.3 Å². The van der Waals surface area contributed by atoms with Gasteiger partial charge in [0, 0.05) is 20.8 Å². The van der Waals surface area contributed by atoms with Crippen LogP contribution in [0.3, 0.4) is 0 Å². The summed E-state index contributed by atoms with van der Waals surface area (Å²) in [6.07, 6.45) is 0.990. The summed E-state index contributed by atoms with van der Waals surface area (Å²) >= 11 is 0. The Hall–Kier alpha value is -1.18. The maximum atomic E-state index is 12.5. The van der Waals surface area contributed by atoms with Crippen LogP contribution in [0.15, 0.2) is 6.07 Å². The number of benzene rings is 1. The molecule has 118 valence electrons. The average molecular weight is 290 g/mol. The molecule has 1 aromatic carbocycles. The second-order valence-corrected chi connectivity index (χ2v) is 6.81. The number of nitroso groups, excluding NO2 is 1. The van der Waals surface area contributed by atoms with Crippen LogP contribution in [0.25, 0.3) is 0 Å². The zero-order valence-electron chi connectivity index (χ0n) is 15.1. The second-order valence-electron chi connectivity index (χ2n) is 6.81. The van der Waals surface area contributed by atoms with E-state index in [1.165, 1.54) is 27.0 Å². The smallest absolute Gasteiger partial charge is 0.0613 e. The Kier molecular flexibility index (Phi) is 6.12. The largest absolute Gasteiger partial charge is 0.263 e. The van der Waals surface area contributed by atoms with E-state index in [4.69, 9.17) is 0 Å². The maximum Gasteiger partial charge on any atom is 0.263 e. The van der Waals surface area contributed by atoms with Gasteiger partial charge in [-0.1, -0.05) is 48.5 Å². The first-order chi connectivity index (χ1) is 9.76. The molecule has 0 saturated carbocycles. The monoisotopic (exact) mass is 290 g/mol. The molecule has 0 N–H and O–H groups in total. The van der Waals surface area contributed by atoms with Crippen LogP contribution >= 0.6 is 0 Å². The molecule has 0 spiro atoms. The van der Waals surface area contributed by atoms with Gasteiger partial charge in [0.2, 0.25) is 0 Å². The van der Waals surface area contributed by atoms with Gasteiger partial charge in [0.1, 0.15) is 0 Å². The van der Waals surface area contributed by atoms with Gasteiger partial charge >= 0.3 is 0 Å². The lowest BCUT2D eigenvalue weighted by atomic mass is 9.81. The lowest BCUT2D eigenvalue weighted by molar-refractivity contribution is -0.460. The minimum absolute atomic E-state index is 0.365. The van der Waals surface area contributed by atoms with E-state index in [1.54, 1.807) is 0 Å². The summed E-state index contributed by atoms with van der Waals surface area (Å²) in [5, 5.41) is 0. The Morgan fingerprint density at radius 3 is 1.76 bits per heavy atom. The van der Waals surface area contributed by atoms with E-state index in [2.05, 4.69) is 54.5 Å². The molecule has 0 atom stereocenters. The van der Waals surface area contributed by atoms with E-state index in [0.717, 1.165) is 12.1 Å². The summed E-state index contributed by atoms with van der Waals surface area (Å²) in [5.74, 6) is 1.23. The highest BCUT2D eigenvalue weighted by Gasteiger charge is 2.30. The van der Waals surface area contributed by atoms with Gasteiger partial charge in [-0.3, -0.25) is 0 Å². The third kappa shape index (κ3) is 3.53. The SMILES string of the molecule is CCc1c(C(C)C)cc(C(C)C)c([N+](=O)CC)c1C(C)C. The Bertz CT molecular complexity index is 513. The van der Waals surface area contributed by atoms with Gasteiger partial charge in [0.15, 0.2) is 6.54 Å². The van der Waals surface area contributed by atoms with Crippen LogP contribution in [-0.2, 0) is 6.42 Å². The van der Waals surface area contributed by atoms with Gasteiger partial charge in [0.25, 0.3) is 5.69 Å². The van der Waals surface area contributed by atoms with Gasteiger partial charge in [-0.2, -0.15) is 0 Å². The van der Waals surface area contributed by atoms with E-state index in [-0.39, 0.29) is 0 Å². The average Bonchev–Trinajstić information content (AvgIpc) is 2.43. The molecule has 0 unspecified atom stereocenters. The van der Waals surface area contributed by atoms with Crippen molar-refractivity contribution < 1.29 is 4.76 Å². The Morgan fingerprint density at radius 2 is 1.43 bits per heavy atom. The quantitative estimate of drug-likeness (QED) is 0.584. The molecule has 0 heterocycles. The first kappa shape index (κ1) is 17.9. The van der Waals surface area contributed by atoms with Gasteiger partial charge < -0.3 is 0 Å². The lowest BCUT2D eigenvalue weighted by Gasteiger charge is -2.22. The molecular weight excluding hydrogens is 258 g/mol. The molecule has 1 rings (SSSR count). The molecule has 1 aromatic rings. The standard InChI is InChI=1S/C19H32NO/c1-9-15-16(12(3)4)11-17(13(5)6)19(20(21)10-2)18(15)14(7)8/h11-14H,9-10H2,1-8H3/q+1. The molecule has 0 aliphatic heterocycles. The molecule has 0 amide bonds. The molecule has 0 radical (unpaired) electrons. The molecule has 2 heteroatoms. The van der Waals surface area contributed by atoms with Crippen molar-refractivity contribution in [1.29, 1.82) is 0 Å². The highest BCUT2D eigenvalue weighted by atomic mass is 16.3. The van der Waals surface area contributed by atoms with Crippen LogP contribution in [0.5, 0.6) is 0 Å². The third-order valence-electron chi connectivity index (χ3n) is 4.22. The van der Waals surface area contributed by atoms with Crippen molar-refractivity contribution in [2.45, 2.75) is 79.6 Å². The van der Waals surface area contributed by atoms with Crippen molar-refractivity contribution in [3.8, 4) is 0 Å². The molecule has 0 bridgehead atoms. The van der Waals surface area contributed by atoms with Crippen LogP contribution in [0.2, 0.25) is 0 Å². The summed E-state index contributed by atoms with van der Waals surface area (Å²) in [6.45, 7) is 17.9. The van der Waals surface area contributed by atoms with Crippen molar-refractivity contribution in [2.24, 2.45) is 0 Å². The number of nitrogens with zero attached hydrogens (tertiary/aromatic N) is 1. The number of rotatable bonds is 6. The van der Waals surface area contributed by atoms with Gasteiger partial charge in [0.05, 0.1) is 0 Å². The van der Waals surface area contributed by atoms with E-state index >= 15 is 0 Å². The molecule has 0 aliphatic rings. The first-order valence-electron chi connectivity index (χ1n) is 8.40. The molecule has 0 aliphatic carbocycles. The van der Waals surface area contributed by atoms with E-state index in [0.29, 0.717) is 24.3 Å².